The summed E-state index contributed by atoms with van der Waals surface area (Å²) in [5, 5.41) is 8.18. The van der Waals surface area contributed by atoms with E-state index in [1.54, 1.807) is 6.20 Å². The molecule has 0 saturated heterocycles. The molecule has 0 aliphatic carbocycles. The molecule has 0 spiro atoms. The highest BCUT2D eigenvalue weighted by Crippen LogP contribution is 2.29. The standard InChI is InChI=1S/C24H22N6O3S/c25-22-21(24-29-28-23(33-24)19-9-5-2-6-10-19)27-20(15-26-22)18-11-13-30(14-12-18)34(31,32)16-17-7-3-1-4-8-17/h1-11,15H,12-14,16H2,(H2,25,26). The Balaban J connectivity index is 1.35. The fraction of sp³-hybridized carbons (Fsp3) is 0.167. The van der Waals surface area contributed by atoms with Gasteiger partial charge in [-0.2, -0.15) is 4.31 Å². The van der Waals surface area contributed by atoms with Crippen LogP contribution in [0.15, 0.2) is 77.4 Å². The lowest BCUT2D eigenvalue weighted by atomic mass is 10.1. The first-order valence-electron chi connectivity index (χ1n) is 10.7. The van der Waals surface area contributed by atoms with Crippen LogP contribution < -0.4 is 5.73 Å². The Labute approximate surface area is 197 Å². The Bertz CT molecular complexity index is 1440. The van der Waals surface area contributed by atoms with Gasteiger partial charge in [0.2, 0.25) is 15.9 Å². The molecular formula is C24H22N6O3S. The zero-order valence-corrected chi connectivity index (χ0v) is 19.0. The van der Waals surface area contributed by atoms with Crippen molar-refractivity contribution >= 4 is 21.4 Å². The number of rotatable bonds is 6. The number of nitrogens with zero attached hydrogens (tertiary/aromatic N) is 5. The van der Waals surface area contributed by atoms with Crippen LogP contribution in [-0.2, 0) is 15.8 Å². The second-order valence-electron chi connectivity index (χ2n) is 7.85. The van der Waals surface area contributed by atoms with Crippen molar-refractivity contribution in [2.24, 2.45) is 0 Å². The molecule has 4 aromatic rings. The molecule has 2 aromatic carbocycles. The molecule has 2 N–H and O–H groups in total. The van der Waals surface area contributed by atoms with Crippen molar-refractivity contribution in [3.8, 4) is 23.0 Å². The second kappa shape index (κ2) is 9.16. The van der Waals surface area contributed by atoms with Crippen molar-refractivity contribution in [1.82, 2.24) is 24.5 Å². The average Bonchev–Trinajstić information content (AvgIpc) is 3.36. The number of anilines is 1. The van der Waals surface area contributed by atoms with Crippen molar-refractivity contribution in [2.45, 2.75) is 12.2 Å². The minimum atomic E-state index is -3.42. The zero-order chi connectivity index (χ0) is 23.5. The van der Waals surface area contributed by atoms with E-state index in [2.05, 4.69) is 20.2 Å². The van der Waals surface area contributed by atoms with Crippen molar-refractivity contribution in [3.05, 3.63) is 84.2 Å². The van der Waals surface area contributed by atoms with Gasteiger partial charge in [0.1, 0.15) is 0 Å². The van der Waals surface area contributed by atoms with Crippen LogP contribution in [0.25, 0.3) is 28.6 Å². The third kappa shape index (κ3) is 4.59. The molecular weight excluding hydrogens is 452 g/mol. The van der Waals surface area contributed by atoms with E-state index < -0.39 is 10.0 Å². The lowest BCUT2D eigenvalue weighted by Gasteiger charge is -2.25. The minimum Gasteiger partial charge on any atom is -0.414 e. The molecule has 2 aromatic heterocycles. The number of aromatic nitrogens is 4. The van der Waals surface area contributed by atoms with E-state index in [1.807, 2.05) is 66.7 Å². The Kier molecular flexibility index (Phi) is 5.91. The number of nitrogens with two attached hydrogens (primary N) is 1. The summed E-state index contributed by atoms with van der Waals surface area (Å²) in [6, 6.07) is 18.6. The summed E-state index contributed by atoms with van der Waals surface area (Å²) in [5.41, 5.74) is 9.39. The lowest BCUT2D eigenvalue weighted by Crippen LogP contribution is -2.35. The van der Waals surface area contributed by atoms with E-state index in [0.717, 1.165) is 16.7 Å². The molecule has 0 amide bonds. The molecule has 0 saturated carbocycles. The van der Waals surface area contributed by atoms with Gasteiger partial charge in [0, 0.05) is 18.7 Å². The zero-order valence-electron chi connectivity index (χ0n) is 18.2. The summed E-state index contributed by atoms with van der Waals surface area (Å²) in [6.45, 7) is 0.631. The molecule has 0 unspecified atom stereocenters. The molecule has 9 nitrogen and oxygen atoms in total. The van der Waals surface area contributed by atoms with Crippen LogP contribution in [0.1, 0.15) is 17.7 Å². The summed E-state index contributed by atoms with van der Waals surface area (Å²) < 4.78 is 32.9. The van der Waals surface area contributed by atoms with Crippen molar-refractivity contribution in [3.63, 3.8) is 0 Å². The lowest BCUT2D eigenvalue weighted by molar-refractivity contribution is 0.440. The van der Waals surface area contributed by atoms with E-state index in [9.17, 15) is 8.42 Å². The Morgan fingerprint density at radius 1 is 0.971 bits per heavy atom. The average molecular weight is 475 g/mol. The maximum atomic E-state index is 12.8. The third-order valence-corrected chi connectivity index (χ3v) is 7.35. The van der Waals surface area contributed by atoms with E-state index in [0.29, 0.717) is 30.2 Å². The fourth-order valence-corrected chi connectivity index (χ4v) is 5.21. The Morgan fingerprint density at radius 2 is 1.68 bits per heavy atom. The predicted molar refractivity (Wildman–Crippen MR) is 128 cm³/mol. The normalized spacial score (nSPS) is 14.6. The van der Waals surface area contributed by atoms with Crippen molar-refractivity contribution < 1.29 is 12.8 Å². The first-order chi connectivity index (χ1) is 16.5. The van der Waals surface area contributed by atoms with Gasteiger partial charge in [-0.25, -0.2) is 18.4 Å². The number of benzene rings is 2. The number of hydrogen-bond donors (Lipinski definition) is 1. The monoisotopic (exact) mass is 474 g/mol. The second-order valence-corrected chi connectivity index (χ2v) is 9.82. The number of sulfonamides is 1. The molecule has 10 heteroatoms. The molecule has 0 atom stereocenters. The molecule has 34 heavy (non-hydrogen) atoms. The van der Waals surface area contributed by atoms with Crippen molar-refractivity contribution in [1.29, 1.82) is 0 Å². The van der Waals surface area contributed by atoms with E-state index in [1.165, 1.54) is 4.31 Å². The summed E-state index contributed by atoms with van der Waals surface area (Å²) in [7, 11) is -3.42. The van der Waals surface area contributed by atoms with Crippen LogP contribution >= 0.6 is 0 Å². The summed E-state index contributed by atoms with van der Waals surface area (Å²) >= 11 is 0. The van der Waals surface area contributed by atoms with Crippen LogP contribution in [0.5, 0.6) is 0 Å². The number of hydrogen-bond acceptors (Lipinski definition) is 8. The molecule has 5 rings (SSSR count). The molecule has 0 radical (unpaired) electrons. The molecule has 172 valence electrons. The van der Waals surface area contributed by atoms with E-state index in [-0.39, 0.29) is 24.0 Å². The van der Waals surface area contributed by atoms with Gasteiger partial charge in [0.15, 0.2) is 11.5 Å². The van der Waals surface area contributed by atoms with Gasteiger partial charge in [0.25, 0.3) is 5.89 Å². The van der Waals surface area contributed by atoms with Gasteiger partial charge in [0.05, 0.1) is 17.6 Å². The van der Waals surface area contributed by atoms with Crippen LogP contribution in [-0.4, -0.2) is 46.0 Å². The highest BCUT2D eigenvalue weighted by Gasteiger charge is 2.26. The summed E-state index contributed by atoms with van der Waals surface area (Å²) in [4.78, 5) is 8.86. The highest BCUT2D eigenvalue weighted by molar-refractivity contribution is 7.88. The van der Waals surface area contributed by atoms with E-state index >= 15 is 0 Å². The first-order valence-corrected chi connectivity index (χ1v) is 12.3. The van der Waals surface area contributed by atoms with Crippen LogP contribution in [0, 0.1) is 0 Å². The van der Waals surface area contributed by atoms with Gasteiger partial charge in [-0.1, -0.05) is 54.6 Å². The van der Waals surface area contributed by atoms with Crippen molar-refractivity contribution in [2.75, 3.05) is 18.8 Å². The van der Waals surface area contributed by atoms with E-state index in [4.69, 9.17) is 10.2 Å². The maximum absolute atomic E-state index is 12.8. The molecule has 1 aliphatic rings. The Morgan fingerprint density at radius 3 is 2.38 bits per heavy atom. The van der Waals surface area contributed by atoms with Gasteiger partial charge in [-0.3, -0.25) is 0 Å². The predicted octanol–water partition coefficient (Wildman–Crippen LogP) is 3.39. The number of nitrogen functional groups attached to an aromatic ring is 1. The molecule has 3 heterocycles. The van der Waals surface area contributed by atoms with Gasteiger partial charge >= 0.3 is 0 Å². The van der Waals surface area contributed by atoms with Crippen LogP contribution in [0.4, 0.5) is 5.82 Å². The quantitative estimate of drug-likeness (QED) is 0.450. The molecule has 0 fully saturated rings. The van der Waals surface area contributed by atoms with Gasteiger partial charge < -0.3 is 10.2 Å². The van der Waals surface area contributed by atoms with Gasteiger partial charge in [-0.15, -0.1) is 10.2 Å². The summed E-state index contributed by atoms with van der Waals surface area (Å²) in [6.07, 6.45) is 3.94. The fourth-order valence-electron chi connectivity index (χ4n) is 3.74. The van der Waals surface area contributed by atoms with Crippen LogP contribution in [0.2, 0.25) is 0 Å². The highest BCUT2D eigenvalue weighted by atomic mass is 32.2. The molecule has 1 aliphatic heterocycles. The minimum absolute atomic E-state index is 0.0241. The van der Waals surface area contributed by atoms with Gasteiger partial charge in [-0.05, 0) is 29.7 Å². The smallest absolute Gasteiger partial charge is 0.270 e. The first kappa shape index (κ1) is 21.9. The maximum Gasteiger partial charge on any atom is 0.270 e. The van der Waals surface area contributed by atoms with Crippen LogP contribution in [0.3, 0.4) is 0 Å². The summed E-state index contributed by atoms with van der Waals surface area (Å²) in [5.74, 6) is 0.687. The topological polar surface area (TPSA) is 128 Å². The third-order valence-electron chi connectivity index (χ3n) is 5.54. The largest absolute Gasteiger partial charge is 0.414 e. The molecule has 0 bridgehead atoms. The Hall–Kier alpha value is -3.89. The SMILES string of the molecule is Nc1ncc(C2=CCN(S(=O)(=O)Cc3ccccc3)CC2)nc1-c1nnc(-c2ccccc2)o1.